The highest BCUT2D eigenvalue weighted by atomic mass is 16.5. The first-order valence-electron chi connectivity index (χ1n) is 8.85. The minimum absolute atomic E-state index is 0.0352. The molecule has 0 aliphatic carbocycles. The molecule has 1 fully saturated rings. The van der Waals surface area contributed by atoms with Gasteiger partial charge < -0.3 is 14.8 Å². The molecule has 0 saturated carbocycles. The Hall–Kier alpha value is -2.33. The van der Waals surface area contributed by atoms with Crippen LogP contribution >= 0.6 is 0 Å². The first kappa shape index (κ1) is 17.5. The number of carbonyl (C=O) groups is 1. The van der Waals surface area contributed by atoms with E-state index in [-0.39, 0.29) is 12.0 Å². The predicted molar refractivity (Wildman–Crippen MR) is 97.6 cm³/mol. The standard InChI is InChI=1S/C21H25NO3/c1-16-5-2-3-6-18(16)13-21(23)22-14-17-8-10-19(11-9-17)25-15-20-7-4-12-24-20/h2-3,5-6,8-11,20H,4,7,12-15H2,1H3,(H,22,23). The molecule has 0 spiro atoms. The van der Waals surface area contributed by atoms with Gasteiger partial charge in [-0.25, -0.2) is 0 Å². The van der Waals surface area contributed by atoms with Crippen LogP contribution in [0.5, 0.6) is 5.75 Å². The Balaban J connectivity index is 1.43. The Morgan fingerprint density at radius 3 is 2.72 bits per heavy atom. The van der Waals surface area contributed by atoms with Gasteiger partial charge in [0.05, 0.1) is 12.5 Å². The number of nitrogens with one attached hydrogen (secondary N) is 1. The quantitative estimate of drug-likeness (QED) is 0.841. The first-order chi connectivity index (χ1) is 12.2. The molecule has 4 nitrogen and oxygen atoms in total. The molecule has 1 N–H and O–H groups in total. The molecule has 2 aromatic rings. The minimum Gasteiger partial charge on any atom is -0.491 e. The molecule has 132 valence electrons. The maximum Gasteiger partial charge on any atom is 0.224 e. The molecule has 2 aromatic carbocycles. The molecule has 1 unspecified atom stereocenters. The van der Waals surface area contributed by atoms with Crippen LogP contribution in [0.15, 0.2) is 48.5 Å². The molecule has 0 bridgehead atoms. The first-order valence-corrected chi connectivity index (χ1v) is 8.85. The van der Waals surface area contributed by atoms with Crippen molar-refractivity contribution < 1.29 is 14.3 Å². The van der Waals surface area contributed by atoms with Gasteiger partial charge in [0.15, 0.2) is 0 Å². The summed E-state index contributed by atoms with van der Waals surface area (Å²) >= 11 is 0. The van der Waals surface area contributed by atoms with Crippen molar-refractivity contribution in [2.75, 3.05) is 13.2 Å². The normalized spacial score (nSPS) is 16.6. The number of ether oxygens (including phenoxy) is 2. The Morgan fingerprint density at radius 2 is 2.00 bits per heavy atom. The number of hydrogen-bond donors (Lipinski definition) is 1. The summed E-state index contributed by atoms with van der Waals surface area (Å²) in [6.45, 7) is 4.00. The molecule has 4 heteroatoms. The van der Waals surface area contributed by atoms with Crippen molar-refractivity contribution in [3.8, 4) is 5.75 Å². The molecule has 3 rings (SSSR count). The second kappa shape index (κ2) is 8.67. The molecule has 1 amide bonds. The molecule has 1 saturated heterocycles. The number of hydrogen-bond acceptors (Lipinski definition) is 3. The lowest BCUT2D eigenvalue weighted by Crippen LogP contribution is -2.24. The van der Waals surface area contributed by atoms with E-state index in [1.54, 1.807) is 0 Å². The third kappa shape index (κ3) is 5.33. The number of rotatable bonds is 7. The molecule has 1 heterocycles. The fourth-order valence-electron chi connectivity index (χ4n) is 2.91. The van der Waals surface area contributed by atoms with Crippen LogP contribution in [0, 0.1) is 6.92 Å². The Labute approximate surface area is 149 Å². The summed E-state index contributed by atoms with van der Waals surface area (Å²) in [6, 6.07) is 15.8. The van der Waals surface area contributed by atoms with Crippen LogP contribution < -0.4 is 10.1 Å². The Bertz CT molecular complexity index is 691. The second-order valence-electron chi connectivity index (χ2n) is 6.47. The van der Waals surface area contributed by atoms with E-state index in [2.05, 4.69) is 5.32 Å². The molecular weight excluding hydrogens is 314 g/mol. The maximum absolute atomic E-state index is 12.1. The Kier molecular flexibility index (Phi) is 6.07. The van der Waals surface area contributed by atoms with Crippen LogP contribution in [0.25, 0.3) is 0 Å². The highest BCUT2D eigenvalue weighted by molar-refractivity contribution is 5.78. The van der Waals surface area contributed by atoms with Gasteiger partial charge in [-0.15, -0.1) is 0 Å². The lowest BCUT2D eigenvalue weighted by Gasteiger charge is -2.12. The van der Waals surface area contributed by atoms with Crippen molar-refractivity contribution in [1.82, 2.24) is 5.32 Å². The summed E-state index contributed by atoms with van der Waals surface area (Å²) in [5.74, 6) is 0.874. The topological polar surface area (TPSA) is 47.6 Å². The van der Waals surface area contributed by atoms with Gasteiger partial charge >= 0.3 is 0 Å². The van der Waals surface area contributed by atoms with Crippen molar-refractivity contribution in [1.29, 1.82) is 0 Å². The predicted octanol–water partition coefficient (Wildman–Crippen LogP) is 3.41. The molecule has 1 aliphatic heterocycles. The highest BCUT2D eigenvalue weighted by Crippen LogP contribution is 2.16. The minimum atomic E-state index is 0.0352. The smallest absolute Gasteiger partial charge is 0.224 e. The fourth-order valence-corrected chi connectivity index (χ4v) is 2.91. The zero-order chi connectivity index (χ0) is 17.5. The lowest BCUT2D eigenvalue weighted by atomic mass is 10.1. The average Bonchev–Trinajstić information content (AvgIpc) is 3.15. The molecule has 25 heavy (non-hydrogen) atoms. The number of amides is 1. The summed E-state index contributed by atoms with van der Waals surface area (Å²) < 4.78 is 11.3. The summed E-state index contributed by atoms with van der Waals surface area (Å²) in [7, 11) is 0. The Morgan fingerprint density at radius 1 is 1.20 bits per heavy atom. The molecule has 1 atom stereocenters. The summed E-state index contributed by atoms with van der Waals surface area (Å²) in [5, 5.41) is 2.97. The summed E-state index contributed by atoms with van der Waals surface area (Å²) in [4.78, 5) is 12.1. The zero-order valence-corrected chi connectivity index (χ0v) is 14.7. The molecule has 0 radical (unpaired) electrons. The van der Waals surface area contributed by atoms with Crippen molar-refractivity contribution in [3.05, 3.63) is 65.2 Å². The third-order valence-corrected chi connectivity index (χ3v) is 4.49. The van der Waals surface area contributed by atoms with E-state index in [1.165, 1.54) is 0 Å². The van der Waals surface area contributed by atoms with E-state index in [0.717, 1.165) is 41.9 Å². The van der Waals surface area contributed by atoms with E-state index in [0.29, 0.717) is 19.6 Å². The highest BCUT2D eigenvalue weighted by Gasteiger charge is 2.15. The van der Waals surface area contributed by atoms with E-state index in [4.69, 9.17) is 9.47 Å². The van der Waals surface area contributed by atoms with Gasteiger partial charge in [0.25, 0.3) is 0 Å². The van der Waals surface area contributed by atoms with Crippen LogP contribution in [-0.2, 0) is 22.5 Å². The second-order valence-corrected chi connectivity index (χ2v) is 6.47. The summed E-state index contributed by atoms with van der Waals surface area (Å²) in [6.07, 6.45) is 2.83. The van der Waals surface area contributed by atoms with Crippen molar-refractivity contribution in [2.45, 2.75) is 38.8 Å². The van der Waals surface area contributed by atoms with E-state index in [9.17, 15) is 4.79 Å². The van der Waals surface area contributed by atoms with Gasteiger partial charge in [-0.3, -0.25) is 4.79 Å². The van der Waals surface area contributed by atoms with Crippen molar-refractivity contribution in [2.24, 2.45) is 0 Å². The van der Waals surface area contributed by atoms with E-state index >= 15 is 0 Å². The van der Waals surface area contributed by atoms with Gasteiger partial charge in [-0.1, -0.05) is 36.4 Å². The van der Waals surface area contributed by atoms with Gasteiger partial charge in [-0.2, -0.15) is 0 Å². The van der Waals surface area contributed by atoms with Gasteiger partial charge in [-0.05, 0) is 48.6 Å². The van der Waals surface area contributed by atoms with E-state index in [1.807, 2.05) is 55.5 Å². The molecule has 0 aromatic heterocycles. The number of aryl methyl sites for hydroxylation is 1. The van der Waals surface area contributed by atoms with Gasteiger partial charge in [0.1, 0.15) is 12.4 Å². The van der Waals surface area contributed by atoms with E-state index < -0.39 is 0 Å². The largest absolute Gasteiger partial charge is 0.491 e. The number of benzene rings is 2. The van der Waals surface area contributed by atoms with Gasteiger partial charge in [0, 0.05) is 13.2 Å². The fraction of sp³-hybridized carbons (Fsp3) is 0.381. The van der Waals surface area contributed by atoms with Gasteiger partial charge in [0.2, 0.25) is 5.91 Å². The van der Waals surface area contributed by atoms with Crippen LogP contribution in [-0.4, -0.2) is 25.2 Å². The molecule has 1 aliphatic rings. The average molecular weight is 339 g/mol. The lowest BCUT2D eigenvalue weighted by molar-refractivity contribution is -0.120. The van der Waals surface area contributed by atoms with Crippen LogP contribution in [0.3, 0.4) is 0 Å². The van der Waals surface area contributed by atoms with Crippen LogP contribution in [0.4, 0.5) is 0 Å². The number of carbonyl (C=O) groups excluding carboxylic acids is 1. The van der Waals surface area contributed by atoms with Crippen molar-refractivity contribution >= 4 is 5.91 Å². The maximum atomic E-state index is 12.1. The summed E-state index contributed by atoms with van der Waals surface area (Å²) in [5.41, 5.74) is 3.27. The third-order valence-electron chi connectivity index (χ3n) is 4.49. The van der Waals surface area contributed by atoms with Crippen molar-refractivity contribution in [3.63, 3.8) is 0 Å². The SMILES string of the molecule is Cc1ccccc1CC(=O)NCc1ccc(OCC2CCCO2)cc1. The monoisotopic (exact) mass is 339 g/mol. The molecular formula is C21H25NO3. The van der Waals surface area contributed by atoms with Crippen LogP contribution in [0.2, 0.25) is 0 Å². The zero-order valence-electron chi connectivity index (χ0n) is 14.7. The van der Waals surface area contributed by atoms with Crippen LogP contribution in [0.1, 0.15) is 29.5 Å².